The molecule has 1 heterocycles. The quantitative estimate of drug-likeness (QED) is 0.701. The first kappa shape index (κ1) is 11.2. The molecule has 0 bridgehead atoms. The number of carbonyl (C=O) groups is 2. The molecule has 0 unspecified atom stereocenters. The Hall–Kier alpha value is -1.85. The average Bonchev–Trinajstić information content (AvgIpc) is 2.65. The van der Waals surface area contributed by atoms with Crippen LogP contribution in [0.1, 0.15) is 11.4 Å². The van der Waals surface area contributed by atoms with E-state index in [2.05, 4.69) is 19.7 Å². The lowest BCUT2D eigenvalue weighted by Crippen LogP contribution is -2.05. The number of nitrogens with one attached hydrogen (secondary N) is 1. The zero-order valence-corrected chi connectivity index (χ0v) is 8.57. The minimum Gasteiger partial charge on any atom is -0.469 e. The van der Waals surface area contributed by atoms with E-state index in [9.17, 15) is 9.59 Å². The molecule has 0 amide bonds. The molecule has 0 fully saturated rings. The number of ether oxygens (including phenoxy) is 2. The van der Waals surface area contributed by atoms with Gasteiger partial charge in [0, 0.05) is 5.69 Å². The molecule has 1 rings (SSSR count). The van der Waals surface area contributed by atoms with Crippen molar-refractivity contribution in [2.24, 2.45) is 0 Å². The molecule has 6 nitrogen and oxygen atoms in total. The smallest absolute Gasteiger partial charge is 0.311 e. The van der Waals surface area contributed by atoms with Crippen LogP contribution in [0, 0.1) is 0 Å². The molecule has 0 aliphatic carbocycles. The summed E-state index contributed by atoms with van der Waals surface area (Å²) in [5, 5.41) is 6.50. The zero-order valence-electron chi connectivity index (χ0n) is 8.57. The van der Waals surface area contributed by atoms with Crippen molar-refractivity contribution in [2.45, 2.75) is 12.8 Å². The predicted molar refractivity (Wildman–Crippen MR) is 50.0 cm³/mol. The van der Waals surface area contributed by atoms with Crippen molar-refractivity contribution in [3.63, 3.8) is 0 Å². The van der Waals surface area contributed by atoms with Crippen LogP contribution in [-0.2, 0) is 31.9 Å². The summed E-state index contributed by atoms with van der Waals surface area (Å²) in [5.74, 6) is -0.727. The van der Waals surface area contributed by atoms with Crippen molar-refractivity contribution in [3.8, 4) is 0 Å². The molecule has 15 heavy (non-hydrogen) atoms. The van der Waals surface area contributed by atoms with Gasteiger partial charge in [0.1, 0.15) is 0 Å². The third-order valence-corrected chi connectivity index (χ3v) is 1.80. The van der Waals surface area contributed by atoms with E-state index in [-0.39, 0.29) is 24.8 Å². The predicted octanol–water partition coefficient (Wildman–Crippen LogP) is -0.159. The number of methoxy groups -OCH3 is 2. The van der Waals surface area contributed by atoms with Gasteiger partial charge in [-0.1, -0.05) is 0 Å². The molecule has 0 aromatic carbocycles. The summed E-state index contributed by atoms with van der Waals surface area (Å²) >= 11 is 0. The lowest BCUT2D eigenvalue weighted by Gasteiger charge is -1.94. The topological polar surface area (TPSA) is 81.3 Å². The molecule has 1 aromatic rings. The van der Waals surface area contributed by atoms with Crippen LogP contribution in [0.3, 0.4) is 0 Å². The van der Waals surface area contributed by atoms with E-state index >= 15 is 0 Å². The van der Waals surface area contributed by atoms with Crippen molar-refractivity contribution in [1.82, 2.24) is 10.2 Å². The van der Waals surface area contributed by atoms with E-state index in [1.54, 1.807) is 6.07 Å². The number of hydrogen-bond acceptors (Lipinski definition) is 5. The summed E-state index contributed by atoms with van der Waals surface area (Å²) in [5.41, 5.74) is 1.15. The number of esters is 2. The minimum absolute atomic E-state index is 0.0914. The van der Waals surface area contributed by atoms with Crippen molar-refractivity contribution in [2.75, 3.05) is 14.2 Å². The second kappa shape index (κ2) is 5.14. The number of rotatable bonds is 4. The molecule has 0 saturated carbocycles. The molecule has 1 aromatic heterocycles. The van der Waals surface area contributed by atoms with E-state index in [1.165, 1.54) is 14.2 Å². The van der Waals surface area contributed by atoms with Crippen molar-refractivity contribution < 1.29 is 19.1 Å². The van der Waals surface area contributed by atoms with Crippen LogP contribution in [-0.4, -0.2) is 36.4 Å². The van der Waals surface area contributed by atoms with Gasteiger partial charge in [-0.2, -0.15) is 5.10 Å². The van der Waals surface area contributed by atoms with Crippen LogP contribution in [0.5, 0.6) is 0 Å². The number of carbonyl (C=O) groups excluding carboxylic acids is 2. The molecule has 0 spiro atoms. The second-order valence-electron chi connectivity index (χ2n) is 2.89. The fourth-order valence-corrected chi connectivity index (χ4v) is 1.04. The van der Waals surface area contributed by atoms with Gasteiger partial charge in [0.05, 0.1) is 32.8 Å². The maximum atomic E-state index is 10.9. The van der Waals surface area contributed by atoms with Crippen molar-refractivity contribution in [1.29, 1.82) is 0 Å². The van der Waals surface area contributed by atoms with Gasteiger partial charge in [0.25, 0.3) is 0 Å². The maximum absolute atomic E-state index is 10.9. The summed E-state index contributed by atoms with van der Waals surface area (Å²) in [4.78, 5) is 21.8. The number of aromatic amines is 1. The van der Waals surface area contributed by atoms with E-state index in [4.69, 9.17) is 0 Å². The standard InChI is InChI=1S/C9H12N2O4/c1-14-8(12)4-6-3-7(11-10-6)5-9(13)15-2/h3H,4-5H2,1-2H3,(H,10,11). The van der Waals surface area contributed by atoms with E-state index in [1.807, 2.05) is 0 Å². The third kappa shape index (κ3) is 3.41. The Morgan fingerprint density at radius 2 is 1.87 bits per heavy atom. The molecule has 1 N–H and O–H groups in total. The summed E-state index contributed by atoms with van der Waals surface area (Å²) in [6, 6.07) is 1.63. The highest BCUT2D eigenvalue weighted by molar-refractivity contribution is 5.73. The van der Waals surface area contributed by atoms with Gasteiger partial charge in [0.2, 0.25) is 0 Å². The summed E-state index contributed by atoms with van der Waals surface area (Å²) in [7, 11) is 2.62. The first-order valence-corrected chi connectivity index (χ1v) is 4.32. The fraction of sp³-hybridized carbons (Fsp3) is 0.444. The Balaban J connectivity index is 2.56. The van der Waals surface area contributed by atoms with Crippen LogP contribution in [0.15, 0.2) is 6.07 Å². The van der Waals surface area contributed by atoms with Gasteiger partial charge < -0.3 is 9.47 Å². The molecule has 0 saturated heterocycles. The SMILES string of the molecule is COC(=O)Cc1cc(CC(=O)OC)[nH]n1. The Morgan fingerprint density at radius 1 is 1.27 bits per heavy atom. The van der Waals surface area contributed by atoms with Gasteiger partial charge in [-0.25, -0.2) is 0 Å². The fourth-order valence-electron chi connectivity index (χ4n) is 1.04. The largest absolute Gasteiger partial charge is 0.469 e. The highest BCUT2D eigenvalue weighted by Crippen LogP contribution is 2.02. The first-order chi connectivity index (χ1) is 7.15. The average molecular weight is 212 g/mol. The number of hydrogen-bond donors (Lipinski definition) is 1. The Labute approximate surface area is 86.6 Å². The molecule has 0 aliphatic heterocycles. The van der Waals surface area contributed by atoms with Crippen LogP contribution in [0.2, 0.25) is 0 Å². The summed E-state index contributed by atoms with van der Waals surface area (Å²) < 4.78 is 8.97. The normalized spacial score (nSPS) is 9.73. The second-order valence-corrected chi connectivity index (χ2v) is 2.89. The Kier molecular flexibility index (Phi) is 3.84. The zero-order chi connectivity index (χ0) is 11.3. The number of aromatic nitrogens is 2. The molecule has 0 atom stereocenters. The monoisotopic (exact) mass is 212 g/mol. The number of nitrogens with zero attached hydrogens (tertiary/aromatic N) is 1. The molecule has 6 heteroatoms. The Bertz CT molecular complexity index is 326. The molecule has 0 aliphatic rings. The lowest BCUT2D eigenvalue weighted by atomic mass is 10.2. The van der Waals surface area contributed by atoms with Gasteiger partial charge in [-0.15, -0.1) is 0 Å². The molecule has 0 radical (unpaired) electrons. The van der Waals surface area contributed by atoms with Crippen LogP contribution in [0.25, 0.3) is 0 Å². The molecular weight excluding hydrogens is 200 g/mol. The maximum Gasteiger partial charge on any atom is 0.311 e. The van der Waals surface area contributed by atoms with Crippen LogP contribution in [0.4, 0.5) is 0 Å². The number of H-pyrrole nitrogens is 1. The molecule has 82 valence electrons. The van der Waals surface area contributed by atoms with Gasteiger partial charge in [0.15, 0.2) is 0 Å². The summed E-state index contributed by atoms with van der Waals surface area (Å²) in [6.45, 7) is 0. The van der Waals surface area contributed by atoms with Crippen LogP contribution >= 0.6 is 0 Å². The molecular formula is C9H12N2O4. The van der Waals surface area contributed by atoms with E-state index in [0.717, 1.165) is 0 Å². The van der Waals surface area contributed by atoms with E-state index < -0.39 is 0 Å². The van der Waals surface area contributed by atoms with Crippen molar-refractivity contribution in [3.05, 3.63) is 17.5 Å². The highest BCUT2D eigenvalue weighted by Gasteiger charge is 2.09. The van der Waals surface area contributed by atoms with Crippen LogP contribution < -0.4 is 0 Å². The summed E-state index contributed by atoms with van der Waals surface area (Å²) in [6.07, 6.45) is 0.207. The lowest BCUT2D eigenvalue weighted by molar-refractivity contribution is -0.140. The van der Waals surface area contributed by atoms with Crippen molar-refractivity contribution >= 4 is 11.9 Å². The van der Waals surface area contributed by atoms with Gasteiger partial charge in [-0.3, -0.25) is 14.7 Å². The highest BCUT2D eigenvalue weighted by atomic mass is 16.5. The van der Waals surface area contributed by atoms with Gasteiger partial charge in [-0.05, 0) is 6.07 Å². The van der Waals surface area contributed by atoms with E-state index in [0.29, 0.717) is 11.4 Å². The van der Waals surface area contributed by atoms with Gasteiger partial charge >= 0.3 is 11.9 Å². The third-order valence-electron chi connectivity index (χ3n) is 1.80. The Morgan fingerprint density at radius 3 is 2.47 bits per heavy atom. The first-order valence-electron chi connectivity index (χ1n) is 4.32. The minimum atomic E-state index is -0.369.